The van der Waals surface area contributed by atoms with E-state index in [1.165, 1.54) is 0 Å². The van der Waals surface area contributed by atoms with E-state index in [9.17, 15) is 4.79 Å². The summed E-state index contributed by atoms with van der Waals surface area (Å²) >= 11 is 5.97. The van der Waals surface area contributed by atoms with Crippen LogP contribution in [0.15, 0.2) is 47.3 Å². The van der Waals surface area contributed by atoms with E-state index in [-0.39, 0.29) is 5.56 Å². The number of ether oxygens (including phenoxy) is 2. The van der Waals surface area contributed by atoms with Gasteiger partial charge in [-0.05, 0) is 42.8 Å². The summed E-state index contributed by atoms with van der Waals surface area (Å²) in [5, 5.41) is 0.644. The Morgan fingerprint density at radius 3 is 2.45 bits per heavy atom. The number of H-pyrrole nitrogens is 1. The fourth-order valence-corrected chi connectivity index (χ4v) is 3.81. The third-order valence-electron chi connectivity index (χ3n) is 5.18. The van der Waals surface area contributed by atoms with Crippen LogP contribution in [0.25, 0.3) is 11.4 Å². The molecule has 3 aromatic rings. The van der Waals surface area contributed by atoms with E-state index in [1.54, 1.807) is 26.4 Å². The van der Waals surface area contributed by atoms with E-state index < -0.39 is 0 Å². The van der Waals surface area contributed by atoms with Crippen molar-refractivity contribution in [3.63, 3.8) is 0 Å². The summed E-state index contributed by atoms with van der Waals surface area (Å²) in [6.45, 7) is 2.00. The zero-order valence-electron chi connectivity index (χ0n) is 16.4. The predicted octanol–water partition coefficient (Wildman–Crippen LogP) is 3.67. The van der Waals surface area contributed by atoms with E-state index in [2.05, 4.69) is 9.88 Å². The Kier molecular flexibility index (Phi) is 5.56. The zero-order chi connectivity index (χ0) is 20.4. The molecule has 0 radical (unpaired) electrons. The molecule has 6 nitrogen and oxygen atoms in total. The molecule has 0 saturated heterocycles. The molecule has 150 valence electrons. The molecule has 1 aliphatic heterocycles. The molecule has 29 heavy (non-hydrogen) atoms. The first-order valence-corrected chi connectivity index (χ1v) is 9.77. The maximum atomic E-state index is 12.6. The lowest BCUT2D eigenvalue weighted by atomic mass is 10.0. The normalized spacial score (nSPS) is 13.8. The quantitative estimate of drug-likeness (QED) is 0.693. The molecule has 1 aromatic heterocycles. The highest BCUT2D eigenvalue weighted by molar-refractivity contribution is 6.30. The smallest absolute Gasteiger partial charge is 0.254 e. The highest BCUT2D eigenvalue weighted by Crippen LogP contribution is 2.31. The standard InChI is InChI=1S/C22H22ClN3O3/c1-28-19-4-3-5-20(29-2)17(19)12-26-11-10-16-18(13-26)24-21(25-22(16)27)14-6-8-15(23)9-7-14/h3-9H,10-13H2,1-2H3,(H,24,25,27). The van der Waals surface area contributed by atoms with E-state index in [0.29, 0.717) is 30.4 Å². The molecule has 7 heteroatoms. The van der Waals surface area contributed by atoms with Gasteiger partial charge in [0.1, 0.15) is 17.3 Å². The van der Waals surface area contributed by atoms with Crippen LogP contribution in [0.5, 0.6) is 11.5 Å². The van der Waals surface area contributed by atoms with E-state index in [1.807, 2.05) is 30.3 Å². The number of rotatable bonds is 5. The number of benzene rings is 2. The molecule has 2 aromatic carbocycles. The van der Waals surface area contributed by atoms with Gasteiger partial charge in [-0.3, -0.25) is 9.69 Å². The Morgan fingerprint density at radius 2 is 1.79 bits per heavy atom. The van der Waals surface area contributed by atoms with Gasteiger partial charge in [0.15, 0.2) is 0 Å². The summed E-state index contributed by atoms with van der Waals surface area (Å²) in [7, 11) is 3.31. The fraction of sp³-hybridized carbons (Fsp3) is 0.273. The summed E-state index contributed by atoms with van der Waals surface area (Å²) in [5.41, 5.74) is 3.31. The first kappa shape index (κ1) is 19.5. The number of nitrogens with one attached hydrogen (secondary N) is 1. The van der Waals surface area contributed by atoms with E-state index in [4.69, 9.17) is 26.1 Å². The summed E-state index contributed by atoms with van der Waals surface area (Å²) in [6, 6.07) is 13.1. The average molecular weight is 412 g/mol. The van der Waals surface area contributed by atoms with Gasteiger partial charge in [-0.15, -0.1) is 0 Å². The zero-order valence-corrected chi connectivity index (χ0v) is 17.1. The van der Waals surface area contributed by atoms with Gasteiger partial charge in [-0.1, -0.05) is 17.7 Å². The van der Waals surface area contributed by atoms with E-state index >= 15 is 0 Å². The lowest BCUT2D eigenvalue weighted by Crippen LogP contribution is -2.35. The minimum absolute atomic E-state index is 0.0746. The molecule has 0 aliphatic carbocycles. The highest BCUT2D eigenvalue weighted by Gasteiger charge is 2.23. The Labute approximate surface area is 174 Å². The average Bonchev–Trinajstić information content (AvgIpc) is 2.74. The molecule has 0 bridgehead atoms. The second kappa shape index (κ2) is 8.27. The molecule has 1 N–H and O–H groups in total. The SMILES string of the molecule is COc1cccc(OC)c1CN1CCc2c(nc(-c3ccc(Cl)cc3)[nH]c2=O)C1. The summed E-state index contributed by atoms with van der Waals surface area (Å²) < 4.78 is 11.0. The van der Waals surface area contributed by atoms with Crippen LogP contribution in [-0.4, -0.2) is 35.6 Å². The van der Waals surface area contributed by atoms with Crippen LogP contribution in [0, 0.1) is 0 Å². The van der Waals surface area contributed by atoms with Crippen LogP contribution >= 0.6 is 11.6 Å². The van der Waals surface area contributed by atoms with Crippen molar-refractivity contribution < 1.29 is 9.47 Å². The molecule has 0 spiro atoms. The minimum atomic E-state index is -0.0746. The van der Waals surface area contributed by atoms with Crippen molar-refractivity contribution in [2.75, 3.05) is 20.8 Å². The molecule has 4 rings (SSSR count). The maximum Gasteiger partial charge on any atom is 0.254 e. The number of nitrogens with zero attached hydrogens (tertiary/aromatic N) is 2. The summed E-state index contributed by atoms with van der Waals surface area (Å²) in [4.78, 5) is 22.5. The molecule has 1 aliphatic rings. The highest BCUT2D eigenvalue weighted by atomic mass is 35.5. The Bertz CT molecular complexity index is 1060. The molecule has 2 heterocycles. The van der Waals surface area contributed by atoms with Crippen LogP contribution in [0.2, 0.25) is 5.02 Å². The van der Waals surface area contributed by atoms with Crippen LogP contribution in [0.1, 0.15) is 16.8 Å². The molecular formula is C22H22ClN3O3. The Morgan fingerprint density at radius 1 is 1.10 bits per heavy atom. The van der Waals surface area contributed by atoms with Crippen molar-refractivity contribution in [3.8, 4) is 22.9 Å². The van der Waals surface area contributed by atoms with Gasteiger partial charge in [0.25, 0.3) is 5.56 Å². The second-order valence-corrected chi connectivity index (χ2v) is 7.38. The first-order chi connectivity index (χ1) is 14.1. The molecule has 0 unspecified atom stereocenters. The van der Waals surface area contributed by atoms with Gasteiger partial charge in [-0.2, -0.15) is 0 Å². The fourth-order valence-electron chi connectivity index (χ4n) is 3.68. The first-order valence-electron chi connectivity index (χ1n) is 9.39. The van der Waals surface area contributed by atoms with Crippen molar-refractivity contribution in [2.24, 2.45) is 0 Å². The van der Waals surface area contributed by atoms with Gasteiger partial charge in [-0.25, -0.2) is 4.98 Å². The number of methoxy groups -OCH3 is 2. The van der Waals surface area contributed by atoms with Gasteiger partial charge >= 0.3 is 0 Å². The molecule has 0 amide bonds. The lowest BCUT2D eigenvalue weighted by Gasteiger charge is -2.28. The van der Waals surface area contributed by atoms with Crippen molar-refractivity contribution in [1.82, 2.24) is 14.9 Å². The number of aromatic amines is 1. The molecule has 0 saturated carbocycles. The van der Waals surface area contributed by atoms with Crippen molar-refractivity contribution in [2.45, 2.75) is 19.5 Å². The second-order valence-electron chi connectivity index (χ2n) is 6.95. The number of aromatic nitrogens is 2. The Hall–Kier alpha value is -2.83. The number of hydrogen-bond donors (Lipinski definition) is 1. The van der Waals surface area contributed by atoms with Gasteiger partial charge in [0.2, 0.25) is 0 Å². The van der Waals surface area contributed by atoms with Gasteiger partial charge in [0.05, 0.1) is 25.5 Å². The maximum absolute atomic E-state index is 12.6. The van der Waals surface area contributed by atoms with Gasteiger partial charge in [0, 0.05) is 35.8 Å². The largest absolute Gasteiger partial charge is 0.496 e. The third kappa shape index (κ3) is 3.99. The van der Waals surface area contributed by atoms with Crippen LogP contribution in [0.4, 0.5) is 0 Å². The number of halogens is 1. The summed E-state index contributed by atoms with van der Waals surface area (Å²) in [6.07, 6.45) is 0.649. The van der Waals surface area contributed by atoms with Crippen molar-refractivity contribution >= 4 is 11.6 Å². The topological polar surface area (TPSA) is 67.5 Å². The molecule has 0 atom stereocenters. The van der Waals surface area contributed by atoms with Crippen molar-refractivity contribution in [3.05, 3.63) is 74.7 Å². The molecular weight excluding hydrogens is 390 g/mol. The van der Waals surface area contributed by atoms with E-state index in [0.717, 1.165) is 40.4 Å². The minimum Gasteiger partial charge on any atom is -0.496 e. The lowest BCUT2D eigenvalue weighted by molar-refractivity contribution is 0.233. The third-order valence-corrected chi connectivity index (χ3v) is 5.43. The predicted molar refractivity (Wildman–Crippen MR) is 113 cm³/mol. The Balaban J connectivity index is 1.63. The summed E-state index contributed by atoms with van der Waals surface area (Å²) in [5.74, 6) is 2.13. The van der Waals surface area contributed by atoms with Crippen LogP contribution in [-0.2, 0) is 19.5 Å². The van der Waals surface area contributed by atoms with Gasteiger partial charge < -0.3 is 14.5 Å². The van der Waals surface area contributed by atoms with Crippen LogP contribution in [0.3, 0.4) is 0 Å². The van der Waals surface area contributed by atoms with Crippen molar-refractivity contribution in [1.29, 1.82) is 0 Å². The molecule has 0 fully saturated rings. The monoisotopic (exact) mass is 411 g/mol. The van der Waals surface area contributed by atoms with Crippen LogP contribution < -0.4 is 15.0 Å². The number of fused-ring (bicyclic) bond motifs is 1. The number of hydrogen-bond acceptors (Lipinski definition) is 5.